The smallest absolute Gasteiger partial charge is 0.410 e. The number of carbonyl (C=O) groups excluding carboxylic acids is 1. The van der Waals surface area contributed by atoms with Crippen LogP contribution < -0.4 is 5.32 Å². The van der Waals surface area contributed by atoms with E-state index in [9.17, 15) is 4.79 Å². The number of halogens is 1. The highest BCUT2D eigenvalue weighted by molar-refractivity contribution is 14.0. The van der Waals surface area contributed by atoms with Crippen LogP contribution in [0.4, 0.5) is 4.79 Å². The molecule has 172 valence electrons. The number of amides is 1. The fourth-order valence-electron chi connectivity index (χ4n) is 3.32. The minimum Gasteiger partial charge on any atom is -0.444 e. The number of nitrogens with one attached hydrogen (secondary N) is 1. The fraction of sp³-hybridized carbons (Fsp3) is 0.800. The van der Waals surface area contributed by atoms with Crippen LogP contribution in [-0.4, -0.2) is 74.9 Å². The minimum absolute atomic E-state index is 0. The number of carbonyl (C=O) groups is 1. The second kappa shape index (κ2) is 12.3. The van der Waals surface area contributed by atoms with Gasteiger partial charge < -0.3 is 24.4 Å². The number of ether oxygens (including phenoxy) is 1. The average Bonchev–Trinajstić information content (AvgIpc) is 3.07. The van der Waals surface area contributed by atoms with Gasteiger partial charge in [0.2, 0.25) is 0 Å². The van der Waals surface area contributed by atoms with Crippen LogP contribution in [0.5, 0.6) is 0 Å². The number of hydrogen-bond donors (Lipinski definition) is 1. The molecule has 1 amide bonds. The van der Waals surface area contributed by atoms with E-state index in [2.05, 4.69) is 27.3 Å². The first kappa shape index (κ1) is 26.4. The van der Waals surface area contributed by atoms with Crippen molar-refractivity contribution in [1.82, 2.24) is 29.9 Å². The van der Waals surface area contributed by atoms with Crippen molar-refractivity contribution in [3.63, 3.8) is 0 Å². The summed E-state index contributed by atoms with van der Waals surface area (Å²) in [5, 5.41) is 11.4. The van der Waals surface area contributed by atoms with Crippen molar-refractivity contribution in [2.45, 2.75) is 59.6 Å². The summed E-state index contributed by atoms with van der Waals surface area (Å²) >= 11 is 0. The number of piperidine rings is 1. The number of guanidine groups is 1. The molecule has 10 heteroatoms. The van der Waals surface area contributed by atoms with E-state index >= 15 is 0 Å². The Bertz CT molecular complexity index is 679. The monoisotopic (exact) mass is 535 g/mol. The summed E-state index contributed by atoms with van der Waals surface area (Å²) in [6.07, 6.45) is 3.51. The Labute approximate surface area is 197 Å². The number of aryl methyl sites for hydroxylation is 1. The molecular formula is C20H38IN7O2. The predicted octanol–water partition coefficient (Wildman–Crippen LogP) is 2.87. The molecule has 9 nitrogen and oxygen atoms in total. The van der Waals surface area contributed by atoms with Crippen molar-refractivity contribution in [2.24, 2.45) is 18.0 Å². The Morgan fingerprint density at radius 2 is 2.00 bits per heavy atom. The lowest BCUT2D eigenvalue weighted by molar-refractivity contribution is 0.0214. The Balaban J connectivity index is 0.00000450. The lowest BCUT2D eigenvalue weighted by atomic mass is 9.96. The van der Waals surface area contributed by atoms with Gasteiger partial charge in [-0.3, -0.25) is 0 Å². The summed E-state index contributed by atoms with van der Waals surface area (Å²) in [5.41, 5.74) is -0.465. The van der Waals surface area contributed by atoms with Crippen LogP contribution in [0.1, 0.15) is 53.3 Å². The maximum atomic E-state index is 12.4. The number of nitrogens with zero attached hydrogens (tertiary/aromatic N) is 6. The summed E-state index contributed by atoms with van der Waals surface area (Å²) in [6, 6.07) is 0. The van der Waals surface area contributed by atoms with Crippen molar-refractivity contribution in [3.05, 3.63) is 12.2 Å². The molecule has 1 fully saturated rings. The summed E-state index contributed by atoms with van der Waals surface area (Å²) in [7, 11) is 1.92. The average molecular weight is 535 g/mol. The second-order valence-electron chi connectivity index (χ2n) is 8.48. The fourth-order valence-corrected chi connectivity index (χ4v) is 3.32. The first-order valence-electron chi connectivity index (χ1n) is 10.6. The molecule has 0 saturated carbocycles. The third kappa shape index (κ3) is 8.27. The molecular weight excluding hydrogens is 497 g/mol. The third-order valence-electron chi connectivity index (χ3n) is 4.94. The molecule has 0 aromatic carbocycles. The number of rotatable bonds is 6. The van der Waals surface area contributed by atoms with E-state index in [1.807, 2.05) is 44.2 Å². The first-order chi connectivity index (χ1) is 13.7. The molecule has 1 N–H and O–H groups in total. The third-order valence-corrected chi connectivity index (χ3v) is 4.94. The van der Waals surface area contributed by atoms with E-state index in [1.54, 1.807) is 6.33 Å². The van der Waals surface area contributed by atoms with Crippen LogP contribution in [0.15, 0.2) is 11.3 Å². The van der Waals surface area contributed by atoms with Crippen LogP contribution >= 0.6 is 24.0 Å². The van der Waals surface area contributed by atoms with E-state index in [-0.39, 0.29) is 30.1 Å². The quantitative estimate of drug-likeness (QED) is 0.343. The SMILES string of the molecule is CCNC(=NCc1nncn1C)N1CCC(CN(CC)C(=O)OC(C)(C)C)CC1.I. The Kier molecular flexibility index (Phi) is 10.9. The Hall–Kier alpha value is -1.59. The molecule has 1 aromatic heterocycles. The van der Waals surface area contributed by atoms with Crippen molar-refractivity contribution in [3.8, 4) is 0 Å². The molecule has 0 unspecified atom stereocenters. The summed E-state index contributed by atoms with van der Waals surface area (Å²) in [5.74, 6) is 2.22. The molecule has 0 bridgehead atoms. The zero-order valence-electron chi connectivity index (χ0n) is 19.2. The molecule has 1 aliphatic heterocycles. The van der Waals surface area contributed by atoms with E-state index in [1.165, 1.54) is 0 Å². The van der Waals surface area contributed by atoms with Gasteiger partial charge in [-0.1, -0.05) is 0 Å². The van der Waals surface area contributed by atoms with Crippen LogP contribution in [0.2, 0.25) is 0 Å². The molecule has 0 atom stereocenters. The molecule has 1 saturated heterocycles. The number of aromatic nitrogens is 3. The predicted molar refractivity (Wildman–Crippen MR) is 129 cm³/mol. The lowest BCUT2D eigenvalue weighted by Gasteiger charge is -2.36. The van der Waals surface area contributed by atoms with Gasteiger partial charge in [-0.25, -0.2) is 9.79 Å². The first-order valence-corrected chi connectivity index (χ1v) is 10.6. The normalized spacial score (nSPS) is 15.5. The zero-order chi connectivity index (χ0) is 21.4. The van der Waals surface area contributed by atoms with Crippen molar-refractivity contribution in [2.75, 3.05) is 32.7 Å². The van der Waals surface area contributed by atoms with Gasteiger partial charge in [0.15, 0.2) is 11.8 Å². The maximum Gasteiger partial charge on any atom is 0.410 e. The van der Waals surface area contributed by atoms with Crippen molar-refractivity contribution < 1.29 is 9.53 Å². The highest BCUT2D eigenvalue weighted by atomic mass is 127. The topological polar surface area (TPSA) is 87.9 Å². The molecule has 0 aliphatic carbocycles. The van der Waals surface area contributed by atoms with Crippen LogP contribution in [0.25, 0.3) is 0 Å². The van der Waals surface area contributed by atoms with Gasteiger partial charge in [0.05, 0.1) is 0 Å². The van der Waals surface area contributed by atoms with E-state index in [0.717, 1.165) is 50.8 Å². The molecule has 30 heavy (non-hydrogen) atoms. The van der Waals surface area contributed by atoms with E-state index in [4.69, 9.17) is 9.73 Å². The highest BCUT2D eigenvalue weighted by Crippen LogP contribution is 2.20. The second-order valence-corrected chi connectivity index (χ2v) is 8.48. The van der Waals surface area contributed by atoms with Gasteiger partial charge in [-0.2, -0.15) is 0 Å². The summed E-state index contributed by atoms with van der Waals surface area (Å²) in [4.78, 5) is 21.2. The summed E-state index contributed by atoms with van der Waals surface area (Å²) in [6.45, 7) is 14.3. The molecule has 2 heterocycles. The van der Waals surface area contributed by atoms with Crippen molar-refractivity contribution >= 4 is 36.0 Å². The maximum absolute atomic E-state index is 12.4. The van der Waals surface area contributed by atoms with Crippen LogP contribution in [0.3, 0.4) is 0 Å². The van der Waals surface area contributed by atoms with Gasteiger partial charge in [0.25, 0.3) is 0 Å². The van der Waals surface area contributed by atoms with E-state index < -0.39 is 5.60 Å². The summed E-state index contributed by atoms with van der Waals surface area (Å²) < 4.78 is 7.42. The molecule has 0 spiro atoms. The molecule has 2 rings (SSSR count). The number of likely N-dealkylation sites (tertiary alicyclic amines) is 1. The van der Waals surface area contributed by atoms with Gasteiger partial charge in [0.1, 0.15) is 18.5 Å². The largest absolute Gasteiger partial charge is 0.444 e. The zero-order valence-corrected chi connectivity index (χ0v) is 21.5. The minimum atomic E-state index is -0.465. The molecule has 0 radical (unpaired) electrons. The van der Waals surface area contributed by atoms with Crippen LogP contribution in [-0.2, 0) is 18.3 Å². The van der Waals surface area contributed by atoms with E-state index in [0.29, 0.717) is 19.0 Å². The van der Waals surface area contributed by atoms with Crippen LogP contribution in [0, 0.1) is 5.92 Å². The van der Waals surface area contributed by atoms with Crippen molar-refractivity contribution in [1.29, 1.82) is 0 Å². The standard InChI is InChI=1S/C20H37N7O2.HI/c1-7-21-18(22-13-17-24-23-15-25(17)6)27-11-9-16(10-12-27)14-26(8-2)19(28)29-20(3,4)5;/h15-16H,7-14H2,1-6H3,(H,21,22);1H. The molecule has 1 aromatic rings. The number of aliphatic imine (C=N–C) groups is 1. The Morgan fingerprint density at radius 1 is 1.33 bits per heavy atom. The number of hydrogen-bond acceptors (Lipinski definition) is 5. The highest BCUT2D eigenvalue weighted by Gasteiger charge is 2.27. The van der Waals surface area contributed by atoms with Gasteiger partial charge in [-0.05, 0) is 53.4 Å². The lowest BCUT2D eigenvalue weighted by Crippen LogP contribution is -2.47. The van der Waals surface area contributed by atoms with Gasteiger partial charge in [-0.15, -0.1) is 34.2 Å². The Morgan fingerprint density at radius 3 is 2.50 bits per heavy atom. The van der Waals surface area contributed by atoms with Gasteiger partial charge >= 0.3 is 6.09 Å². The molecule has 1 aliphatic rings. The van der Waals surface area contributed by atoms with Gasteiger partial charge in [0, 0.05) is 39.8 Å².